The van der Waals surface area contributed by atoms with Gasteiger partial charge in [-0.25, -0.2) is 0 Å². The molecule has 0 saturated carbocycles. The largest absolute Gasteiger partial charge is 0.396 e. The molecule has 6 nitrogen and oxygen atoms in total. The van der Waals surface area contributed by atoms with Crippen molar-refractivity contribution in [2.45, 2.75) is 4.90 Å². The Kier molecular flexibility index (Phi) is 5.70. The van der Waals surface area contributed by atoms with Crippen LogP contribution in [-0.2, 0) is 4.79 Å². The van der Waals surface area contributed by atoms with Crippen LogP contribution in [0.15, 0.2) is 41.3 Å². The Morgan fingerprint density at radius 1 is 1.22 bits per heavy atom. The van der Waals surface area contributed by atoms with Gasteiger partial charge in [0.1, 0.15) is 0 Å². The molecule has 23 heavy (non-hydrogen) atoms. The normalized spacial score (nSPS) is 10.3. The molecule has 120 valence electrons. The van der Waals surface area contributed by atoms with Gasteiger partial charge in [-0.2, -0.15) is 0 Å². The number of thioether (sulfide) groups is 1. The maximum Gasteiger partial charge on any atom is 0.269 e. The fraction of sp³-hybridized carbons (Fsp3) is 0.0714. The highest BCUT2D eigenvalue weighted by atomic mass is 35.5. The monoisotopic (exact) mass is 371 g/mol. The number of nitrogen functional groups attached to an aromatic ring is 1. The van der Waals surface area contributed by atoms with Gasteiger partial charge in [-0.05, 0) is 24.3 Å². The zero-order chi connectivity index (χ0) is 17.0. The molecule has 0 bridgehead atoms. The quantitative estimate of drug-likeness (QED) is 0.355. The molecule has 0 atom stereocenters. The molecule has 0 aliphatic rings. The topological polar surface area (TPSA) is 98.3 Å². The average molecular weight is 372 g/mol. The summed E-state index contributed by atoms with van der Waals surface area (Å²) in [5, 5.41) is 13.7. The number of anilines is 2. The first-order chi connectivity index (χ1) is 10.9. The highest BCUT2D eigenvalue weighted by Gasteiger charge is 2.09. The highest BCUT2D eigenvalue weighted by Crippen LogP contribution is 2.31. The third-order valence-electron chi connectivity index (χ3n) is 2.78. The summed E-state index contributed by atoms with van der Waals surface area (Å²) in [7, 11) is 0. The second kappa shape index (κ2) is 7.54. The molecule has 0 aliphatic carbocycles. The maximum absolute atomic E-state index is 11.9. The van der Waals surface area contributed by atoms with Gasteiger partial charge in [0, 0.05) is 22.7 Å². The lowest BCUT2D eigenvalue weighted by atomic mass is 10.3. The van der Waals surface area contributed by atoms with Gasteiger partial charge in [-0.3, -0.25) is 14.9 Å². The lowest BCUT2D eigenvalue weighted by Gasteiger charge is -2.08. The highest BCUT2D eigenvalue weighted by molar-refractivity contribution is 8.00. The van der Waals surface area contributed by atoms with Crippen LogP contribution >= 0.6 is 35.0 Å². The molecule has 0 spiro atoms. The molecule has 1 amide bonds. The Bertz CT molecular complexity index is 730. The number of carbonyl (C=O) groups excluding carboxylic acids is 1. The summed E-state index contributed by atoms with van der Waals surface area (Å²) in [5.41, 5.74) is 6.33. The predicted molar refractivity (Wildman–Crippen MR) is 93.3 cm³/mol. The van der Waals surface area contributed by atoms with Crippen molar-refractivity contribution in [3.8, 4) is 0 Å². The SMILES string of the molecule is Nc1c(Cl)cc(NC(=O)CSc2ccc([N+](=O)[O-])cc2)cc1Cl. The number of non-ortho nitro benzene ring substituents is 1. The van der Waals surface area contributed by atoms with Gasteiger partial charge in [0.05, 0.1) is 26.4 Å². The number of benzene rings is 2. The zero-order valence-corrected chi connectivity index (χ0v) is 13.9. The molecule has 2 aromatic carbocycles. The molecular weight excluding hydrogens is 361 g/mol. The minimum absolute atomic E-state index is 0.00459. The zero-order valence-electron chi connectivity index (χ0n) is 11.6. The van der Waals surface area contributed by atoms with Crippen LogP contribution in [0.5, 0.6) is 0 Å². The first-order valence-electron chi connectivity index (χ1n) is 6.28. The summed E-state index contributed by atoms with van der Waals surface area (Å²) in [4.78, 5) is 22.7. The van der Waals surface area contributed by atoms with Crippen LogP contribution in [-0.4, -0.2) is 16.6 Å². The van der Waals surface area contributed by atoms with E-state index in [-0.39, 0.29) is 33.1 Å². The molecule has 0 heterocycles. The molecular formula is C14H11Cl2N3O3S. The number of amides is 1. The molecule has 3 N–H and O–H groups in total. The minimum Gasteiger partial charge on any atom is -0.396 e. The van der Waals surface area contributed by atoms with E-state index >= 15 is 0 Å². The number of hydrogen-bond donors (Lipinski definition) is 2. The van der Waals surface area contributed by atoms with Gasteiger partial charge >= 0.3 is 0 Å². The molecule has 2 rings (SSSR count). The van der Waals surface area contributed by atoms with Crippen molar-refractivity contribution in [2.75, 3.05) is 16.8 Å². The molecule has 0 saturated heterocycles. The third-order valence-corrected chi connectivity index (χ3v) is 4.42. The Hall–Kier alpha value is -1.96. The van der Waals surface area contributed by atoms with E-state index in [2.05, 4.69) is 5.32 Å². The van der Waals surface area contributed by atoms with Crippen LogP contribution in [0.4, 0.5) is 17.1 Å². The summed E-state index contributed by atoms with van der Waals surface area (Å²) in [5.74, 6) is -0.123. The van der Waals surface area contributed by atoms with Crippen LogP contribution in [0.3, 0.4) is 0 Å². The minimum atomic E-state index is -0.476. The fourth-order valence-electron chi connectivity index (χ4n) is 1.67. The first-order valence-corrected chi connectivity index (χ1v) is 8.02. The summed E-state index contributed by atoms with van der Waals surface area (Å²) in [6, 6.07) is 8.98. The van der Waals surface area contributed by atoms with Crippen LogP contribution in [0.1, 0.15) is 0 Å². The van der Waals surface area contributed by atoms with Crippen molar-refractivity contribution in [1.29, 1.82) is 0 Å². The fourth-order valence-corrected chi connectivity index (χ4v) is 2.85. The van der Waals surface area contributed by atoms with Gasteiger partial charge < -0.3 is 11.1 Å². The van der Waals surface area contributed by atoms with Crippen LogP contribution in [0.25, 0.3) is 0 Å². The number of rotatable bonds is 5. The Morgan fingerprint density at radius 2 is 1.78 bits per heavy atom. The van der Waals surface area contributed by atoms with Crippen LogP contribution < -0.4 is 11.1 Å². The number of nitro groups is 1. The number of nitrogens with one attached hydrogen (secondary N) is 1. The first kappa shape index (κ1) is 17.4. The van der Waals surface area contributed by atoms with E-state index in [1.54, 1.807) is 12.1 Å². The number of nitro benzene ring substituents is 1. The Balaban J connectivity index is 1.93. The van der Waals surface area contributed by atoms with Crippen LogP contribution in [0.2, 0.25) is 10.0 Å². The summed E-state index contributed by atoms with van der Waals surface area (Å²) >= 11 is 13.0. The standard InChI is InChI=1S/C14H11Cl2N3O3S/c15-11-5-8(6-12(16)14(11)17)18-13(20)7-23-10-3-1-9(2-4-10)19(21)22/h1-6H,7,17H2,(H,18,20). The van der Waals surface area contributed by atoms with Crippen LogP contribution in [0, 0.1) is 10.1 Å². The molecule has 0 fully saturated rings. The smallest absolute Gasteiger partial charge is 0.269 e. The van der Waals surface area contributed by atoms with Crippen molar-refractivity contribution >= 4 is 57.9 Å². The summed E-state index contributed by atoms with van der Waals surface area (Å²) in [6.07, 6.45) is 0. The molecule has 0 aromatic heterocycles. The van der Waals surface area contributed by atoms with E-state index in [1.807, 2.05) is 0 Å². The van der Waals surface area contributed by atoms with Gasteiger partial charge in [0.15, 0.2) is 0 Å². The second-order valence-electron chi connectivity index (χ2n) is 4.44. The number of hydrogen-bond acceptors (Lipinski definition) is 5. The van der Waals surface area contributed by atoms with E-state index in [4.69, 9.17) is 28.9 Å². The second-order valence-corrected chi connectivity index (χ2v) is 6.30. The van der Waals surface area contributed by atoms with Gasteiger partial charge in [0.2, 0.25) is 5.91 Å². The van der Waals surface area contributed by atoms with E-state index in [1.165, 1.54) is 36.0 Å². The summed E-state index contributed by atoms with van der Waals surface area (Å²) in [6.45, 7) is 0. The molecule has 0 aliphatic heterocycles. The number of carbonyl (C=O) groups is 1. The van der Waals surface area contributed by atoms with E-state index in [9.17, 15) is 14.9 Å². The van der Waals surface area contributed by atoms with Gasteiger partial charge in [-0.1, -0.05) is 23.2 Å². The Labute approximate surface area is 146 Å². The lowest BCUT2D eigenvalue weighted by molar-refractivity contribution is -0.384. The van der Waals surface area contributed by atoms with E-state index in [0.717, 1.165) is 4.90 Å². The molecule has 2 aromatic rings. The molecule has 0 unspecified atom stereocenters. The van der Waals surface area contributed by atoms with Gasteiger partial charge in [0.25, 0.3) is 5.69 Å². The Morgan fingerprint density at radius 3 is 2.30 bits per heavy atom. The van der Waals surface area contributed by atoms with Gasteiger partial charge in [-0.15, -0.1) is 11.8 Å². The number of nitrogens with two attached hydrogens (primary N) is 1. The summed E-state index contributed by atoms with van der Waals surface area (Å²) < 4.78 is 0. The van der Waals surface area contributed by atoms with E-state index < -0.39 is 4.92 Å². The van der Waals surface area contributed by atoms with Crippen molar-refractivity contribution in [1.82, 2.24) is 0 Å². The van der Waals surface area contributed by atoms with E-state index in [0.29, 0.717) is 5.69 Å². The van der Waals surface area contributed by atoms with Crippen molar-refractivity contribution in [2.24, 2.45) is 0 Å². The van der Waals surface area contributed by atoms with Crippen molar-refractivity contribution < 1.29 is 9.72 Å². The van der Waals surface area contributed by atoms with Crippen molar-refractivity contribution in [3.05, 3.63) is 56.6 Å². The number of nitrogens with zero attached hydrogens (tertiary/aromatic N) is 1. The lowest BCUT2D eigenvalue weighted by Crippen LogP contribution is -2.14. The maximum atomic E-state index is 11.9. The third kappa shape index (κ3) is 4.75. The average Bonchev–Trinajstić information content (AvgIpc) is 2.51. The molecule has 9 heteroatoms. The number of halogens is 2. The predicted octanol–water partition coefficient (Wildman–Crippen LogP) is 4.21. The van der Waals surface area contributed by atoms with Crippen molar-refractivity contribution in [3.63, 3.8) is 0 Å². The molecule has 0 radical (unpaired) electrons.